The molecule has 0 saturated carbocycles. The average molecular weight is 500 g/mol. The Kier molecular flexibility index (Phi) is 8.65. The summed E-state index contributed by atoms with van der Waals surface area (Å²) >= 11 is 12.4. The smallest absolute Gasteiger partial charge is 0.252 e. The zero-order chi connectivity index (χ0) is 24.7. The largest absolute Gasteiger partial charge is 0.381 e. The number of amides is 3. The second-order valence-corrected chi connectivity index (χ2v) is 8.35. The van der Waals surface area contributed by atoms with E-state index in [0.717, 1.165) is 0 Å². The molecule has 3 aromatic carbocycles. The Morgan fingerprint density at radius 2 is 1.38 bits per heavy atom. The summed E-state index contributed by atoms with van der Waals surface area (Å²) in [7, 11) is 0. The number of primary amides is 1. The van der Waals surface area contributed by atoms with E-state index < -0.39 is 35.9 Å². The van der Waals surface area contributed by atoms with E-state index >= 15 is 0 Å². The van der Waals surface area contributed by atoms with Crippen LogP contribution in [0.1, 0.15) is 27.5 Å². The van der Waals surface area contributed by atoms with E-state index in [2.05, 4.69) is 10.6 Å². The van der Waals surface area contributed by atoms with Crippen molar-refractivity contribution >= 4 is 40.9 Å². The molecule has 0 heterocycles. The van der Waals surface area contributed by atoms with Crippen LogP contribution in [0.25, 0.3) is 0 Å². The first-order chi connectivity index (χ1) is 16.3. The van der Waals surface area contributed by atoms with Crippen LogP contribution >= 0.6 is 23.2 Å². The Hall–Kier alpha value is -3.39. The van der Waals surface area contributed by atoms with Gasteiger partial charge in [0, 0.05) is 22.0 Å². The van der Waals surface area contributed by atoms with E-state index in [-0.39, 0.29) is 6.42 Å². The second kappa shape index (κ2) is 11.7. The lowest BCUT2D eigenvalue weighted by Crippen LogP contribution is -2.52. The topological polar surface area (TPSA) is 122 Å². The van der Waals surface area contributed by atoms with Crippen LogP contribution in [-0.2, 0) is 16.0 Å². The summed E-state index contributed by atoms with van der Waals surface area (Å²) in [6, 6.07) is 19.5. The van der Waals surface area contributed by atoms with Gasteiger partial charge in [0.2, 0.25) is 5.91 Å². The molecule has 0 unspecified atom stereocenters. The highest BCUT2D eigenvalue weighted by Gasteiger charge is 2.32. The molecule has 7 nitrogen and oxygen atoms in total. The fraction of sp³-hybridized carbons (Fsp3) is 0.160. The molecule has 0 fully saturated rings. The number of carbonyl (C=O) groups excluding carboxylic acids is 3. The predicted molar refractivity (Wildman–Crippen MR) is 130 cm³/mol. The highest BCUT2D eigenvalue weighted by atomic mass is 35.5. The summed E-state index contributed by atoms with van der Waals surface area (Å²) in [4.78, 5) is 37.8. The van der Waals surface area contributed by atoms with Gasteiger partial charge in [0.05, 0.1) is 6.04 Å². The van der Waals surface area contributed by atoms with E-state index in [9.17, 15) is 19.5 Å². The number of carbonyl (C=O) groups is 3. The molecule has 0 radical (unpaired) electrons. The van der Waals surface area contributed by atoms with E-state index in [1.807, 2.05) is 0 Å². The minimum atomic E-state index is -1.72. The van der Waals surface area contributed by atoms with Crippen LogP contribution in [0.2, 0.25) is 10.0 Å². The Labute approximate surface area is 206 Å². The lowest BCUT2D eigenvalue weighted by molar-refractivity contribution is -0.134. The van der Waals surface area contributed by atoms with Gasteiger partial charge < -0.3 is 21.5 Å². The minimum Gasteiger partial charge on any atom is -0.381 e. The molecule has 0 saturated heterocycles. The molecule has 0 aliphatic carbocycles. The van der Waals surface area contributed by atoms with E-state index in [0.29, 0.717) is 26.7 Å². The number of rotatable bonds is 9. The molecule has 0 aliphatic heterocycles. The standard InChI is InChI=1S/C25H23Cl2N3O4/c26-18-12-7-13-19(27)17(18)14-20(23(28)32)29-25(34)22(31)21(15-8-3-1-4-9-15)30-24(33)16-10-5-2-6-11-16/h1-13,20-22,31H,14H2,(H2,28,32)(H,29,34)(H,30,33)/t20-,21-,22+/m0/s1. The van der Waals surface area contributed by atoms with Crippen LogP contribution in [0.4, 0.5) is 0 Å². The molecule has 0 aromatic heterocycles. The summed E-state index contributed by atoms with van der Waals surface area (Å²) < 4.78 is 0. The summed E-state index contributed by atoms with van der Waals surface area (Å²) in [5.41, 5.74) is 6.78. The molecular formula is C25H23Cl2N3O4. The van der Waals surface area contributed by atoms with Gasteiger partial charge in [-0.25, -0.2) is 0 Å². The zero-order valence-electron chi connectivity index (χ0n) is 17.9. The maximum atomic E-state index is 13.0. The highest BCUT2D eigenvalue weighted by molar-refractivity contribution is 6.36. The first-order valence-corrected chi connectivity index (χ1v) is 11.1. The van der Waals surface area contributed by atoms with Gasteiger partial charge in [-0.3, -0.25) is 14.4 Å². The molecule has 0 bridgehead atoms. The maximum Gasteiger partial charge on any atom is 0.252 e. The molecule has 3 rings (SSSR count). The third-order valence-corrected chi connectivity index (χ3v) is 5.90. The van der Waals surface area contributed by atoms with Crippen LogP contribution in [-0.4, -0.2) is 35.0 Å². The first kappa shape index (κ1) is 25.2. The van der Waals surface area contributed by atoms with Crippen LogP contribution < -0.4 is 16.4 Å². The van der Waals surface area contributed by atoms with Crippen molar-refractivity contribution in [2.75, 3.05) is 0 Å². The minimum absolute atomic E-state index is 0.0708. The Balaban J connectivity index is 1.81. The number of aliphatic hydroxyl groups excluding tert-OH is 1. The maximum absolute atomic E-state index is 13.0. The van der Waals surface area contributed by atoms with Crippen molar-refractivity contribution < 1.29 is 19.5 Å². The summed E-state index contributed by atoms with van der Waals surface area (Å²) in [6.07, 6.45) is -1.79. The number of nitrogens with one attached hydrogen (secondary N) is 2. The zero-order valence-corrected chi connectivity index (χ0v) is 19.5. The van der Waals surface area contributed by atoms with Gasteiger partial charge in [-0.1, -0.05) is 77.8 Å². The highest BCUT2D eigenvalue weighted by Crippen LogP contribution is 2.26. The second-order valence-electron chi connectivity index (χ2n) is 7.54. The van der Waals surface area contributed by atoms with Crippen LogP contribution in [0.5, 0.6) is 0 Å². The number of benzene rings is 3. The molecule has 34 heavy (non-hydrogen) atoms. The Bertz CT molecular complexity index is 1140. The first-order valence-electron chi connectivity index (χ1n) is 10.4. The number of nitrogens with two attached hydrogens (primary N) is 1. The normalized spacial score (nSPS) is 13.4. The lowest BCUT2D eigenvalue weighted by atomic mass is 9.99. The molecule has 176 valence electrons. The van der Waals surface area contributed by atoms with Gasteiger partial charge in [0.15, 0.2) is 6.10 Å². The SMILES string of the molecule is NC(=O)[C@H](Cc1c(Cl)cccc1Cl)NC(=O)[C@H](O)[C@@H](NC(=O)c1ccccc1)c1ccccc1. The molecule has 0 aliphatic rings. The quantitative estimate of drug-likeness (QED) is 0.361. The fourth-order valence-electron chi connectivity index (χ4n) is 3.38. The van der Waals surface area contributed by atoms with Gasteiger partial charge in [0.1, 0.15) is 6.04 Å². The number of hydrogen-bond donors (Lipinski definition) is 4. The van der Waals surface area contributed by atoms with E-state index in [4.69, 9.17) is 28.9 Å². The molecule has 5 N–H and O–H groups in total. The lowest BCUT2D eigenvalue weighted by Gasteiger charge is -2.26. The average Bonchev–Trinajstić information content (AvgIpc) is 2.84. The van der Waals surface area contributed by atoms with Crippen molar-refractivity contribution in [3.63, 3.8) is 0 Å². The Morgan fingerprint density at radius 1 is 0.824 bits per heavy atom. The van der Waals surface area contributed by atoms with Crippen LogP contribution in [0, 0.1) is 0 Å². The predicted octanol–water partition coefficient (Wildman–Crippen LogP) is 3.04. The van der Waals surface area contributed by atoms with E-state index in [1.165, 1.54) is 0 Å². The third-order valence-electron chi connectivity index (χ3n) is 5.20. The van der Waals surface area contributed by atoms with E-state index in [1.54, 1.807) is 78.9 Å². The Morgan fingerprint density at radius 3 is 1.94 bits per heavy atom. The molecule has 9 heteroatoms. The van der Waals surface area contributed by atoms with Gasteiger partial charge >= 0.3 is 0 Å². The van der Waals surface area contributed by atoms with Crippen LogP contribution in [0.15, 0.2) is 78.9 Å². The van der Waals surface area contributed by atoms with Crippen LogP contribution in [0.3, 0.4) is 0 Å². The molecule has 3 amide bonds. The van der Waals surface area contributed by atoms with Crippen molar-refractivity contribution in [2.24, 2.45) is 5.73 Å². The van der Waals surface area contributed by atoms with Crippen molar-refractivity contribution in [3.8, 4) is 0 Å². The molecular weight excluding hydrogens is 477 g/mol. The van der Waals surface area contributed by atoms with Crippen molar-refractivity contribution in [3.05, 3.63) is 106 Å². The summed E-state index contributed by atoms with van der Waals surface area (Å²) in [6.45, 7) is 0. The monoisotopic (exact) mass is 499 g/mol. The number of halogens is 2. The fourth-order valence-corrected chi connectivity index (χ4v) is 3.93. The molecule has 3 atom stereocenters. The van der Waals surface area contributed by atoms with Gasteiger partial charge in [-0.05, 0) is 35.4 Å². The van der Waals surface area contributed by atoms with Crippen molar-refractivity contribution in [1.82, 2.24) is 10.6 Å². The third kappa shape index (κ3) is 6.35. The number of hydrogen-bond acceptors (Lipinski definition) is 4. The van der Waals surface area contributed by atoms with Gasteiger partial charge in [0.25, 0.3) is 11.8 Å². The van der Waals surface area contributed by atoms with Gasteiger partial charge in [-0.15, -0.1) is 0 Å². The molecule has 3 aromatic rings. The van der Waals surface area contributed by atoms with Crippen molar-refractivity contribution in [1.29, 1.82) is 0 Å². The van der Waals surface area contributed by atoms with Crippen molar-refractivity contribution in [2.45, 2.75) is 24.6 Å². The summed E-state index contributed by atoms with van der Waals surface area (Å²) in [5, 5.41) is 16.7. The van der Waals surface area contributed by atoms with Gasteiger partial charge in [-0.2, -0.15) is 0 Å². The summed E-state index contributed by atoms with van der Waals surface area (Å²) in [5.74, 6) is -2.20. The molecule has 0 spiro atoms. The number of aliphatic hydroxyl groups is 1.